The Hall–Kier alpha value is -0.610. The van der Waals surface area contributed by atoms with Crippen molar-refractivity contribution in [3.8, 4) is 0 Å². The first-order valence-corrected chi connectivity index (χ1v) is 15.5. The zero-order valence-corrected chi connectivity index (χ0v) is 25.8. The highest BCUT2D eigenvalue weighted by molar-refractivity contribution is 5.69. The van der Waals surface area contributed by atoms with Gasteiger partial charge in [-0.3, -0.25) is 4.79 Å². The molecule has 0 bridgehead atoms. The Kier molecular flexibility index (Phi) is 8.27. The van der Waals surface area contributed by atoms with Gasteiger partial charge in [-0.15, -0.1) is 0 Å². The van der Waals surface area contributed by atoms with E-state index >= 15 is 0 Å². The predicted octanol–water partition coefficient (Wildman–Crippen LogP) is 8.21. The summed E-state index contributed by atoms with van der Waals surface area (Å²) in [6, 6.07) is 0. The molecule has 0 N–H and O–H groups in total. The average Bonchev–Trinajstić information content (AvgIpc) is 3.13. The lowest BCUT2D eigenvalue weighted by Gasteiger charge is -2.63. The van der Waals surface area contributed by atoms with Crippen LogP contribution in [-0.2, 0) is 19.0 Å². The van der Waals surface area contributed by atoms with Crippen LogP contribution in [0.1, 0.15) is 127 Å². The molecule has 0 aromatic carbocycles. The van der Waals surface area contributed by atoms with Crippen LogP contribution in [0.5, 0.6) is 0 Å². The lowest BCUT2D eigenvalue weighted by molar-refractivity contribution is -0.219. The zero-order chi connectivity index (χ0) is 27.4. The van der Waals surface area contributed by atoms with Gasteiger partial charge in [-0.05, 0) is 146 Å². The van der Waals surface area contributed by atoms with Crippen LogP contribution in [0.15, 0.2) is 0 Å². The first kappa shape index (κ1) is 29.4. The number of hydrogen-bond acceptors (Lipinski definition) is 4. The van der Waals surface area contributed by atoms with Gasteiger partial charge in [0.05, 0.1) is 30.5 Å². The second kappa shape index (κ2) is 10.4. The average molecular weight is 519 g/mol. The Morgan fingerprint density at radius 2 is 1.46 bits per heavy atom. The van der Waals surface area contributed by atoms with Crippen molar-refractivity contribution in [1.82, 2.24) is 0 Å². The van der Waals surface area contributed by atoms with Crippen LogP contribution in [0.25, 0.3) is 0 Å². The molecule has 0 heterocycles. The highest BCUT2D eigenvalue weighted by Gasteiger charge is 2.63. The molecule has 4 aliphatic carbocycles. The molecule has 4 nitrogen and oxygen atoms in total. The van der Waals surface area contributed by atoms with Crippen LogP contribution in [0, 0.1) is 46.3 Å². The second-order valence-corrected chi connectivity index (χ2v) is 15.9. The van der Waals surface area contributed by atoms with Crippen molar-refractivity contribution in [2.75, 3.05) is 7.11 Å². The van der Waals surface area contributed by atoms with Gasteiger partial charge < -0.3 is 14.2 Å². The number of rotatable bonds is 6. The largest absolute Gasteiger partial charge is 0.469 e. The summed E-state index contributed by atoms with van der Waals surface area (Å²) in [5.41, 5.74) is 0.506. The predicted molar refractivity (Wildman–Crippen MR) is 150 cm³/mol. The van der Waals surface area contributed by atoms with E-state index in [0.717, 1.165) is 30.6 Å². The Labute approximate surface area is 228 Å². The Morgan fingerprint density at radius 3 is 2.08 bits per heavy atom. The molecule has 0 aromatic heterocycles. The van der Waals surface area contributed by atoms with Crippen molar-refractivity contribution in [3.63, 3.8) is 0 Å². The van der Waals surface area contributed by atoms with Crippen molar-refractivity contribution in [3.05, 3.63) is 0 Å². The lowest BCUT2D eigenvalue weighted by atomic mass is 9.43. The molecule has 4 fully saturated rings. The van der Waals surface area contributed by atoms with Gasteiger partial charge in [-0.2, -0.15) is 0 Å². The maximum Gasteiger partial charge on any atom is 0.305 e. The molecule has 0 aromatic rings. The normalized spacial score (nSPS) is 42.9. The number of methoxy groups -OCH3 is 1. The molecular formula is C33H58O4. The number of carbonyl (C=O) groups excluding carboxylic acids is 1. The summed E-state index contributed by atoms with van der Waals surface area (Å²) in [5.74, 6) is 4.14. The third-order valence-electron chi connectivity index (χ3n) is 11.4. The summed E-state index contributed by atoms with van der Waals surface area (Å²) in [4.78, 5) is 11.9. The van der Waals surface area contributed by atoms with Crippen LogP contribution in [-0.4, -0.2) is 36.5 Å². The summed E-state index contributed by atoms with van der Waals surface area (Å²) in [6.07, 6.45) is 12.4. The standard InChI is InChI=1S/C33H58O4/c1-21(11-14-29(34)35-10)24-12-13-25-23-20-28(37-31(5,6)7)27-19-22(36-30(2,3)4)15-17-33(27,9)26(23)16-18-32(24,25)8/h21-28H,11-20H2,1-10H3/t21-,22-,23+,24-,25+,26+,27?,28+,32-,33-/m1/s1. The Bertz CT molecular complexity index is 808. The molecule has 4 rings (SSSR count). The van der Waals surface area contributed by atoms with E-state index in [4.69, 9.17) is 14.2 Å². The van der Waals surface area contributed by atoms with Crippen LogP contribution in [0.2, 0.25) is 0 Å². The summed E-state index contributed by atoms with van der Waals surface area (Å²) in [6.45, 7) is 21.0. The van der Waals surface area contributed by atoms with Crippen LogP contribution >= 0.6 is 0 Å². The molecule has 4 aliphatic rings. The van der Waals surface area contributed by atoms with E-state index in [-0.39, 0.29) is 17.2 Å². The van der Waals surface area contributed by atoms with Crippen molar-refractivity contribution < 1.29 is 19.0 Å². The van der Waals surface area contributed by atoms with Crippen molar-refractivity contribution >= 4 is 5.97 Å². The third-order valence-corrected chi connectivity index (χ3v) is 11.4. The van der Waals surface area contributed by atoms with Crippen LogP contribution in [0.3, 0.4) is 0 Å². The first-order valence-electron chi connectivity index (χ1n) is 15.5. The van der Waals surface area contributed by atoms with Gasteiger partial charge in [0.15, 0.2) is 0 Å². The summed E-state index contributed by atoms with van der Waals surface area (Å²) in [5, 5.41) is 0. The van der Waals surface area contributed by atoms with Gasteiger partial charge in [0.25, 0.3) is 0 Å². The van der Waals surface area contributed by atoms with Gasteiger partial charge in [0.2, 0.25) is 0 Å². The van der Waals surface area contributed by atoms with Crippen molar-refractivity contribution in [1.29, 1.82) is 0 Å². The minimum absolute atomic E-state index is 0.0604. The minimum Gasteiger partial charge on any atom is -0.469 e. The molecule has 0 radical (unpaired) electrons. The van der Waals surface area contributed by atoms with E-state index in [0.29, 0.717) is 47.2 Å². The van der Waals surface area contributed by atoms with E-state index in [1.165, 1.54) is 52.1 Å². The number of hydrogen-bond donors (Lipinski definition) is 0. The van der Waals surface area contributed by atoms with Gasteiger partial charge in [-0.25, -0.2) is 0 Å². The summed E-state index contributed by atoms with van der Waals surface area (Å²) >= 11 is 0. The monoisotopic (exact) mass is 518 g/mol. The molecule has 1 unspecified atom stereocenters. The molecule has 0 saturated heterocycles. The highest BCUT2D eigenvalue weighted by atomic mass is 16.5. The number of esters is 1. The van der Waals surface area contributed by atoms with Gasteiger partial charge in [0.1, 0.15) is 0 Å². The van der Waals surface area contributed by atoms with Gasteiger partial charge >= 0.3 is 5.97 Å². The summed E-state index contributed by atoms with van der Waals surface area (Å²) < 4.78 is 18.5. The van der Waals surface area contributed by atoms with E-state index in [2.05, 4.69) is 62.3 Å². The fourth-order valence-corrected chi connectivity index (χ4v) is 10.0. The molecule has 214 valence electrons. The molecule has 0 aliphatic heterocycles. The molecule has 37 heavy (non-hydrogen) atoms. The molecule has 10 atom stereocenters. The van der Waals surface area contributed by atoms with Crippen LogP contribution in [0.4, 0.5) is 0 Å². The smallest absolute Gasteiger partial charge is 0.305 e. The fraction of sp³-hybridized carbons (Fsp3) is 0.970. The van der Waals surface area contributed by atoms with Gasteiger partial charge in [0, 0.05) is 6.42 Å². The second-order valence-electron chi connectivity index (χ2n) is 15.9. The molecule has 4 heteroatoms. The molecule has 0 spiro atoms. The number of ether oxygens (including phenoxy) is 3. The maximum atomic E-state index is 11.9. The maximum absolute atomic E-state index is 11.9. The minimum atomic E-state index is -0.130. The lowest BCUT2D eigenvalue weighted by Crippen LogP contribution is -2.60. The summed E-state index contributed by atoms with van der Waals surface area (Å²) in [7, 11) is 1.51. The highest BCUT2D eigenvalue weighted by Crippen LogP contribution is 2.69. The molecule has 4 saturated carbocycles. The van der Waals surface area contributed by atoms with E-state index in [1.807, 2.05) is 0 Å². The third kappa shape index (κ3) is 5.96. The molecule has 0 amide bonds. The van der Waals surface area contributed by atoms with E-state index in [1.54, 1.807) is 0 Å². The topological polar surface area (TPSA) is 44.8 Å². The quantitative estimate of drug-likeness (QED) is 0.332. The number of fused-ring (bicyclic) bond motifs is 5. The fourth-order valence-electron chi connectivity index (χ4n) is 10.0. The Balaban J connectivity index is 1.57. The SMILES string of the molecule is COC(=O)CC[C@@H](C)[C@H]1CC[C@H]2[C@@H]3C[C@H](OC(C)(C)C)C4C[C@H](OC(C)(C)C)CC[C@]4(C)[C@H]3CC[C@]12C. The zero-order valence-electron chi connectivity index (χ0n) is 25.8. The van der Waals surface area contributed by atoms with Gasteiger partial charge in [-0.1, -0.05) is 20.8 Å². The van der Waals surface area contributed by atoms with Crippen LogP contribution < -0.4 is 0 Å². The van der Waals surface area contributed by atoms with E-state index < -0.39 is 0 Å². The first-order chi connectivity index (χ1) is 17.1. The van der Waals surface area contributed by atoms with Crippen molar-refractivity contribution in [2.24, 2.45) is 46.3 Å². The van der Waals surface area contributed by atoms with E-state index in [9.17, 15) is 4.79 Å². The Morgan fingerprint density at radius 1 is 0.838 bits per heavy atom. The number of carbonyl (C=O) groups is 1. The molecular weight excluding hydrogens is 460 g/mol. The van der Waals surface area contributed by atoms with Crippen molar-refractivity contribution in [2.45, 2.75) is 150 Å².